The van der Waals surface area contributed by atoms with Crippen molar-refractivity contribution in [3.8, 4) is 11.1 Å². The lowest BCUT2D eigenvalue weighted by Crippen LogP contribution is -2.55. The lowest BCUT2D eigenvalue weighted by molar-refractivity contribution is -0.142. The predicted molar refractivity (Wildman–Crippen MR) is 208 cm³/mol. The maximum absolute atomic E-state index is 15.6. The molecule has 6 aromatic rings. The monoisotopic (exact) mass is 888 g/mol. The Labute approximate surface area is 344 Å². The number of allylic oxidation sites excluding steroid dienone is 1. The number of rotatable bonds is 11. The van der Waals surface area contributed by atoms with Crippen LogP contribution >= 0.6 is 11.3 Å². The second kappa shape index (κ2) is 13.7. The van der Waals surface area contributed by atoms with E-state index in [0.717, 1.165) is 29.7 Å². The fourth-order valence-corrected chi connectivity index (χ4v) is 9.97. The van der Waals surface area contributed by atoms with E-state index in [1.165, 1.54) is 4.68 Å². The number of nitrogens with one attached hydrogen (secondary N) is 2. The van der Waals surface area contributed by atoms with E-state index in [1.807, 2.05) is 0 Å². The number of amides is 2. The number of pyridine rings is 1. The number of aromatic nitrogens is 6. The zero-order valence-corrected chi connectivity index (χ0v) is 33.3. The third-order valence-electron chi connectivity index (χ3n) is 11.1. The molecule has 0 spiro atoms. The Hall–Kier alpha value is -6.10. The molecule has 2 amide bonds. The lowest BCUT2D eigenvalue weighted by atomic mass is 9.94. The Bertz CT molecular complexity index is 2980. The molecule has 5 heterocycles. The number of aryl methyl sites for hydroxylation is 1. The number of benzene rings is 2. The fraction of sp³-hybridized carbons (Fsp3) is 0.316. The molecule has 1 saturated heterocycles. The summed E-state index contributed by atoms with van der Waals surface area (Å²) >= 11 is 1.16. The quantitative estimate of drug-likeness (QED) is 0.109. The molecule has 4 atom stereocenters. The summed E-state index contributed by atoms with van der Waals surface area (Å²) in [6.07, 6.45) is -4.11. The Balaban J connectivity index is 1.20. The van der Waals surface area contributed by atoms with Gasteiger partial charge in [-0.15, -0.1) is 0 Å². The highest BCUT2D eigenvalue weighted by Gasteiger charge is 2.71. The number of hydrogen-bond donors (Lipinski definition) is 3. The van der Waals surface area contributed by atoms with E-state index in [9.17, 15) is 40.0 Å². The molecule has 61 heavy (non-hydrogen) atoms. The summed E-state index contributed by atoms with van der Waals surface area (Å²) in [6.45, 7) is 2.83. The number of hydrogen-bond acceptors (Lipinski definition) is 10. The maximum atomic E-state index is 15.6. The average Bonchev–Trinajstić information content (AvgIpc) is 3.43. The van der Waals surface area contributed by atoms with Crippen LogP contribution in [0.2, 0.25) is 0 Å². The van der Waals surface area contributed by atoms with Crippen LogP contribution in [0.3, 0.4) is 0 Å². The van der Waals surface area contributed by atoms with Crippen molar-refractivity contribution in [2.45, 2.75) is 49.5 Å². The van der Waals surface area contributed by atoms with Crippen molar-refractivity contribution in [1.29, 1.82) is 0 Å². The number of halogens is 7. The van der Waals surface area contributed by atoms with Gasteiger partial charge in [0.1, 0.15) is 29.9 Å². The van der Waals surface area contributed by atoms with Gasteiger partial charge in [-0.1, -0.05) is 35.6 Å². The predicted octanol–water partition coefficient (Wildman–Crippen LogP) is 5.65. The number of para-hydroxylation sites is 1. The minimum Gasteiger partial charge on any atom is -0.368 e. The van der Waals surface area contributed by atoms with E-state index in [-0.39, 0.29) is 33.9 Å². The summed E-state index contributed by atoms with van der Waals surface area (Å²) in [7, 11) is -2.26. The molecule has 0 radical (unpaired) electrons. The van der Waals surface area contributed by atoms with Gasteiger partial charge in [0.25, 0.3) is 5.92 Å². The number of primary amides is 1. The maximum Gasteiger partial charge on any atom is 0.435 e. The Kier molecular flexibility index (Phi) is 9.06. The summed E-state index contributed by atoms with van der Waals surface area (Å²) in [5.74, 6) is -10.3. The first-order valence-corrected chi connectivity index (χ1v) is 21.1. The van der Waals surface area contributed by atoms with Crippen molar-refractivity contribution < 1.29 is 48.7 Å². The van der Waals surface area contributed by atoms with E-state index in [0.29, 0.717) is 50.0 Å². The number of sulfonamides is 1. The molecule has 4 aromatic heterocycles. The van der Waals surface area contributed by atoms with Crippen LogP contribution in [-0.2, 0) is 51.7 Å². The highest BCUT2D eigenvalue weighted by molar-refractivity contribution is 7.92. The van der Waals surface area contributed by atoms with Crippen molar-refractivity contribution >= 4 is 65.4 Å². The van der Waals surface area contributed by atoms with Gasteiger partial charge in [0.05, 0.1) is 34.1 Å². The molecule has 1 aliphatic heterocycles. The molecule has 1 unspecified atom stereocenters. The van der Waals surface area contributed by atoms with Gasteiger partial charge >= 0.3 is 6.18 Å². The van der Waals surface area contributed by atoms with Crippen LogP contribution in [0.1, 0.15) is 46.6 Å². The summed E-state index contributed by atoms with van der Waals surface area (Å²) in [4.78, 5) is 37.4. The van der Waals surface area contributed by atoms with Crippen molar-refractivity contribution in [2.75, 3.05) is 22.4 Å². The minimum absolute atomic E-state index is 0.00217. The van der Waals surface area contributed by atoms with Gasteiger partial charge in [-0.2, -0.15) is 37.1 Å². The van der Waals surface area contributed by atoms with E-state index >= 15 is 8.78 Å². The van der Waals surface area contributed by atoms with E-state index in [1.54, 1.807) is 36.2 Å². The van der Waals surface area contributed by atoms with Gasteiger partial charge in [0, 0.05) is 47.7 Å². The SMILES string of the molecule is C=C1[C@@H]2c3c(C(F)(F)F)nn(CC(=O)N[C@@H](Cc4cc(F)cc(F)c4)c4nc5nc(N6CCC6C(N)=O)sc5cc4-c4cccc5c(NS(C)(=O)=O)nn(C)c45)c3C(F)(F)[C@H]12. The van der Waals surface area contributed by atoms with Crippen molar-refractivity contribution in [3.05, 3.63) is 94.5 Å². The fourth-order valence-electron chi connectivity index (χ4n) is 8.45. The van der Waals surface area contributed by atoms with Crippen LogP contribution in [0.5, 0.6) is 0 Å². The van der Waals surface area contributed by atoms with Crippen molar-refractivity contribution in [1.82, 2.24) is 34.8 Å². The summed E-state index contributed by atoms with van der Waals surface area (Å²) in [6, 6.07) is 7.09. The van der Waals surface area contributed by atoms with Crippen molar-refractivity contribution in [2.24, 2.45) is 18.7 Å². The molecule has 2 aromatic carbocycles. The summed E-state index contributed by atoms with van der Waals surface area (Å²) < 4.78 is 132. The standard InChI is InChI=1S/C38H31F7N10O4S2/c1-15-26-27-31(38(43,44)45)50-55(32(27)37(41,42)28(15)26)14-25(56)47-22(11-16-9-17(39)12-18(40)10-16)29-21(13-24-35(48-29)49-36(60-24)54-8-7-23(54)33(46)57)19-5-4-6-20-30(19)53(2)51-34(20)52-61(3,58)59/h4-6,9-10,12-13,22-23,26,28H,1,7-8,11,14H2,2-3H3,(H2,46,57)(H,47,56)(H,51,52)/t22-,23?,26+,28+/m0/s1. The molecular weight excluding hydrogens is 858 g/mol. The number of anilines is 2. The molecular formula is C38H31F7N10O4S2. The molecule has 14 nitrogen and oxygen atoms in total. The topological polar surface area (TPSA) is 183 Å². The number of nitrogens with zero attached hydrogens (tertiary/aromatic N) is 7. The van der Waals surface area contributed by atoms with E-state index < -0.39 is 99.4 Å². The second-order valence-electron chi connectivity index (χ2n) is 15.2. The second-order valence-corrected chi connectivity index (χ2v) is 18.0. The number of thiazole rings is 1. The average molecular weight is 889 g/mol. The summed E-state index contributed by atoms with van der Waals surface area (Å²) in [5, 5.41) is 11.2. The summed E-state index contributed by atoms with van der Waals surface area (Å²) in [5.41, 5.74) is 3.29. The zero-order chi connectivity index (χ0) is 43.7. The molecule has 0 bridgehead atoms. The largest absolute Gasteiger partial charge is 0.435 e. The molecule has 9 rings (SSSR count). The highest BCUT2D eigenvalue weighted by atomic mass is 32.2. The smallest absolute Gasteiger partial charge is 0.368 e. The van der Waals surface area contributed by atoms with Crippen LogP contribution in [0.4, 0.5) is 41.7 Å². The molecule has 2 fully saturated rings. The molecule has 23 heteroatoms. The zero-order valence-electron chi connectivity index (χ0n) is 31.7. The number of carbonyl (C=O) groups is 2. The van der Waals surface area contributed by atoms with Gasteiger partial charge in [-0.25, -0.2) is 22.2 Å². The molecule has 3 aliphatic rings. The number of fused-ring (bicyclic) bond motifs is 5. The highest BCUT2D eigenvalue weighted by Crippen LogP contribution is 2.71. The first-order valence-electron chi connectivity index (χ1n) is 18.4. The number of alkyl halides is 5. The number of nitrogens with two attached hydrogens (primary N) is 1. The van der Waals surface area contributed by atoms with Gasteiger partial charge in [0.15, 0.2) is 22.3 Å². The van der Waals surface area contributed by atoms with Crippen LogP contribution < -0.4 is 20.7 Å². The molecule has 318 valence electrons. The first-order chi connectivity index (χ1) is 28.6. The van der Waals surface area contributed by atoms with Gasteiger partial charge in [-0.05, 0) is 42.7 Å². The van der Waals surface area contributed by atoms with E-state index in [4.69, 9.17) is 10.7 Å². The van der Waals surface area contributed by atoms with Crippen LogP contribution in [-0.4, -0.2) is 68.6 Å². The van der Waals surface area contributed by atoms with Crippen LogP contribution in [0.15, 0.2) is 54.6 Å². The van der Waals surface area contributed by atoms with Gasteiger partial charge < -0.3 is 16.0 Å². The first kappa shape index (κ1) is 40.3. The van der Waals surface area contributed by atoms with Crippen LogP contribution in [0, 0.1) is 17.6 Å². The van der Waals surface area contributed by atoms with Gasteiger partial charge in [0.2, 0.25) is 21.8 Å². The molecule has 1 saturated carbocycles. The number of carbonyl (C=O) groups excluding carboxylic acids is 2. The molecule has 2 aliphatic carbocycles. The Morgan fingerprint density at radius 1 is 1.08 bits per heavy atom. The Morgan fingerprint density at radius 3 is 2.44 bits per heavy atom. The third-order valence-corrected chi connectivity index (χ3v) is 12.6. The third kappa shape index (κ3) is 6.82. The normalized spacial score (nSPS) is 19.8. The van der Waals surface area contributed by atoms with Gasteiger partial charge in [-0.3, -0.25) is 23.7 Å². The minimum atomic E-state index is -5.14. The Morgan fingerprint density at radius 2 is 1.80 bits per heavy atom. The van der Waals surface area contributed by atoms with Crippen molar-refractivity contribution in [3.63, 3.8) is 0 Å². The van der Waals surface area contributed by atoms with Crippen LogP contribution in [0.25, 0.3) is 32.4 Å². The van der Waals surface area contributed by atoms with E-state index in [2.05, 4.69) is 31.8 Å². The molecule has 4 N–H and O–H groups in total. The lowest BCUT2D eigenvalue weighted by Gasteiger charge is -2.38.